The summed E-state index contributed by atoms with van der Waals surface area (Å²) >= 11 is 5.82. The number of halogens is 1. The van der Waals surface area contributed by atoms with Crippen molar-refractivity contribution in [2.75, 3.05) is 24.3 Å². The fourth-order valence-electron chi connectivity index (χ4n) is 3.90. The second kappa shape index (κ2) is 13.0. The van der Waals surface area contributed by atoms with Gasteiger partial charge in [0.25, 0.3) is 5.91 Å². The van der Waals surface area contributed by atoms with Crippen LogP contribution in [0.25, 0.3) is 0 Å². The lowest BCUT2D eigenvalue weighted by molar-refractivity contribution is -0.136. The number of aryl methyl sites for hydroxylation is 2. The fourth-order valence-corrected chi connectivity index (χ4v) is 5.04. The second-order valence-corrected chi connectivity index (χ2v) is 10.2. The third-order valence-electron chi connectivity index (χ3n) is 5.95. The molecule has 0 aliphatic carbocycles. The topological polar surface area (TPSA) is 90.5 Å². The van der Waals surface area contributed by atoms with Crippen LogP contribution in [0.15, 0.2) is 42.5 Å². The molecule has 0 spiro atoms. The Morgan fingerprint density at radius 3 is 2.65 bits per heavy atom. The van der Waals surface area contributed by atoms with Crippen LogP contribution in [0.2, 0.25) is 0 Å². The van der Waals surface area contributed by atoms with Gasteiger partial charge in [-0.3, -0.25) is 9.59 Å². The number of benzene rings is 2. The molecule has 34 heavy (non-hydrogen) atoms. The van der Waals surface area contributed by atoms with Crippen LogP contribution in [0, 0.1) is 5.82 Å². The van der Waals surface area contributed by atoms with E-state index in [1.54, 1.807) is 12.1 Å². The predicted molar refractivity (Wildman–Crippen MR) is 140 cm³/mol. The van der Waals surface area contributed by atoms with Crippen LogP contribution in [0.1, 0.15) is 41.3 Å². The van der Waals surface area contributed by atoms with Crippen molar-refractivity contribution < 1.29 is 19.1 Å². The highest BCUT2D eigenvalue weighted by molar-refractivity contribution is 8.00. The normalized spacial score (nSPS) is 18.4. The summed E-state index contributed by atoms with van der Waals surface area (Å²) in [7, 11) is 0. The Morgan fingerprint density at radius 2 is 2.00 bits per heavy atom. The molecular weight excluding hydrogens is 473 g/mol. The van der Waals surface area contributed by atoms with Crippen LogP contribution < -0.4 is 16.0 Å². The van der Waals surface area contributed by atoms with Crippen molar-refractivity contribution in [1.82, 2.24) is 10.6 Å². The average Bonchev–Trinajstić information content (AvgIpc) is 3.24. The molecule has 0 bridgehead atoms. The Balaban J connectivity index is 1.70. The van der Waals surface area contributed by atoms with E-state index in [4.69, 9.17) is 0 Å². The molecule has 0 radical (unpaired) electrons. The number of carboxylic acids is 1. The molecule has 0 unspecified atom stereocenters. The molecule has 4 N–H and O–H groups in total. The van der Waals surface area contributed by atoms with Crippen molar-refractivity contribution in [3.63, 3.8) is 0 Å². The van der Waals surface area contributed by atoms with Crippen LogP contribution in [0.3, 0.4) is 0 Å². The number of thiol groups is 1. The van der Waals surface area contributed by atoms with E-state index in [1.165, 1.54) is 23.9 Å². The molecule has 184 valence electrons. The molecule has 1 aliphatic heterocycles. The molecule has 2 aromatic rings. The zero-order valence-corrected chi connectivity index (χ0v) is 20.9. The molecule has 1 saturated heterocycles. The van der Waals surface area contributed by atoms with Crippen LogP contribution in [0.4, 0.5) is 10.1 Å². The van der Waals surface area contributed by atoms with Gasteiger partial charge in [0, 0.05) is 29.1 Å². The van der Waals surface area contributed by atoms with Gasteiger partial charge in [-0.1, -0.05) is 25.1 Å². The lowest BCUT2D eigenvalue weighted by Crippen LogP contribution is -2.34. The Kier molecular flexibility index (Phi) is 10.1. The maximum absolute atomic E-state index is 13.2. The molecule has 6 nitrogen and oxygen atoms in total. The van der Waals surface area contributed by atoms with E-state index in [-0.39, 0.29) is 23.6 Å². The van der Waals surface area contributed by atoms with Gasteiger partial charge in [0.1, 0.15) is 11.1 Å². The minimum absolute atomic E-state index is 0.214. The zero-order chi connectivity index (χ0) is 24.5. The van der Waals surface area contributed by atoms with Crippen molar-refractivity contribution in [3.8, 4) is 0 Å². The summed E-state index contributed by atoms with van der Waals surface area (Å²) in [4.78, 5) is 24.3. The summed E-state index contributed by atoms with van der Waals surface area (Å²) in [6.07, 6.45) is 2.81. The molecule has 1 amide bonds. The SMILES string of the molecule is CC[C@H](SCNC(=O)c1cc(NC[C@H]2NCC[C@H]2S)ccc1CCc1ccc(F)cc1)C(=O)O. The Bertz CT molecular complexity index is 974. The van der Waals surface area contributed by atoms with Crippen LogP contribution >= 0.6 is 24.4 Å². The van der Waals surface area contributed by atoms with E-state index in [0.29, 0.717) is 36.6 Å². The first-order chi connectivity index (χ1) is 16.4. The highest BCUT2D eigenvalue weighted by Gasteiger charge is 2.23. The molecule has 0 aromatic heterocycles. The van der Waals surface area contributed by atoms with Gasteiger partial charge in [-0.15, -0.1) is 11.8 Å². The number of thioether (sulfide) groups is 1. The third kappa shape index (κ3) is 7.65. The fraction of sp³-hybridized carbons (Fsp3) is 0.440. The lowest BCUT2D eigenvalue weighted by atomic mass is 9.98. The number of rotatable bonds is 12. The molecule has 3 rings (SSSR count). The summed E-state index contributed by atoms with van der Waals surface area (Å²) in [6, 6.07) is 12.4. The Labute approximate surface area is 209 Å². The number of anilines is 1. The van der Waals surface area contributed by atoms with Gasteiger partial charge in [-0.25, -0.2) is 4.39 Å². The highest BCUT2D eigenvalue weighted by Crippen LogP contribution is 2.21. The molecule has 1 fully saturated rings. The van der Waals surface area contributed by atoms with E-state index in [1.807, 2.05) is 25.1 Å². The Morgan fingerprint density at radius 1 is 1.24 bits per heavy atom. The second-order valence-electron chi connectivity index (χ2n) is 8.35. The molecule has 1 heterocycles. The smallest absolute Gasteiger partial charge is 0.316 e. The number of aliphatic carboxylic acids is 1. The minimum Gasteiger partial charge on any atom is -0.480 e. The summed E-state index contributed by atoms with van der Waals surface area (Å²) in [5, 5.41) is 18.6. The summed E-state index contributed by atoms with van der Waals surface area (Å²) in [5.74, 6) is -1.18. The third-order valence-corrected chi connectivity index (χ3v) is 7.82. The number of carboxylic acid groups (broad SMARTS) is 1. The van der Waals surface area contributed by atoms with Gasteiger partial charge in [-0.2, -0.15) is 12.6 Å². The van der Waals surface area contributed by atoms with Crippen LogP contribution in [-0.2, 0) is 17.6 Å². The first-order valence-corrected chi connectivity index (χ1v) is 13.1. The van der Waals surface area contributed by atoms with Crippen molar-refractivity contribution in [2.24, 2.45) is 0 Å². The van der Waals surface area contributed by atoms with Gasteiger partial charge < -0.3 is 21.1 Å². The number of nitrogens with one attached hydrogen (secondary N) is 3. The van der Waals surface area contributed by atoms with Crippen LogP contribution in [-0.4, -0.2) is 52.5 Å². The minimum atomic E-state index is -0.879. The summed E-state index contributed by atoms with van der Waals surface area (Å²) < 4.78 is 13.2. The van der Waals surface area contributed by atoms with E-state index < -0.39 is 11.2 Å². The molecule has 3 atom stereocenters. The number of carbonyl (C=O) groups excluding carboxylic acids is 1. The molecule has 9 heteroatoms. The highest BCUT2D eigenvalue weighted by atomic mass is 32.2. The molecular formula is C25H32FN3O3S2. The monoisotopic (exact) mass is 505 g/mol. The molecule has 0 saturated carbocycles. The van der Waals surface area contributed by atoms with Crippen LogP contribution in [0.5, 0.6) is 0 Å². The maximum Gasteiger partial charge on any atom is 0.316 e. The molecule has 2 aromatic carbocycles. The lowest BCUT2D eigenvalue weighted by Gasteiger charge is -2.18. The quantitative estimate of drug-likeness (QED) is 0.222. The van der Waals surface area contributed by atoms with Gasteiger partial charge in [-0.05, 0) is 67.6 Å². The average molecular weight is 506 g/mol. The standard InChI is InChI=1S/C25H32FN3O3S2/c1-2-23(25(31)32)34-15-29-24(30)20-13-19(28-14-21-22(33)11-12-27-21)10-7-17(20)6-3-16-4-8-18(26)9-5-16/h4-5,7-10,13,21-23,27-28,33H,2-3,6,11-12,14-15H2,1H3,(H,29,30)(H,31,32)/t21-,22-,23+/m1/s1. The van der Waals surface area contributed by atoms with Crippen molar-refractivity contribution in [3.05, 3.63) is 65.0 Å². The zero-order valence-electron chi connectivity index (χ0n) is 19.2. The number of amides is 1. The van der Waals surface area contributed by atoms with E-state index in [0.717, 1.165) is 29.8 Å². The first-order valence-electron chi connectivity index (χ1n) is 11.5. The van der Waals surface area contributed by atoms with Crippen molar-refractivity contribution >= 4 is 42.0 Å². The predicted octanol–water partition coefficient (Wildman–Crippen LogP) is 3.97. The van der Waals surface area contributed by atoms with Gasteiger partial charge in [0.2, 0.25) is 0 Å². The van der Waals surface area contributed by atoms with Gasteiger partial charge in [0.15, 0.2) is 0 Å². The summed E-state index contributed by atoms with van der Waals surface area (Å²) in [6.45, 7) is 3.46. The molecule has 1 aliphatic rings. The largest absolute Gasteiger partial charge is 0.480 e. The maximum atomic E-state index is 13.2. The van der Waals surface area contributed by atoms with E-state index in [2.05, 4.69) is 28.6 Å². The van der Waals surface area contributed by atoms with Gasteiger partial charge in [0.05, 0.1) is 5.88 Å². The summed E-state index contributed by atoms with van der Waals surface area (Å²) in [5.41, 5.74) is 3.27. The van der Waals surface area contributed by atoms with Crippen molar-refractivity contribution in [2.45, 2.75) is 49.1 Å². The van der Waals surface area contributed by atoms with Gasteiger partial charge >= 0.3 is 5.97 Å². The number of hydrogen-bond acceptors (Lipinski definition) is 6. The van der Waals surface area contributed by atoms with E-state index >= 15 is 0 Å². The number of carbonyl (C=O) groups is 2. The Hall–Kier alpha value is -2.23. The first kappa shape index (κ1) is 26.4. The van der Waals surface area contributed by atoms with Crippen molar-refractivity contribution in [1.29, 1.82) is 0 Å². The number of hydrogen-bond donors (Lipinski definition) is 5. The van der Waals surface area contributed by atoms with E-state index in [9.17, 15) is 19.1 Å².